The third-order valence-electron chi connectivity index (χ3n) is 4.23. The Morgan fingerprint density at radius 3 is 2.07 bits per heavy atom. The summed E-state index contributed by atoms with van der Waals surface area (Å²) in [7, 11) is 3.03. The molecule has 4 N–H and O–H groups in total. The first-order chi connectivity index (χ1) is 12.9. The number of benzene rings is 2. The van der Waals surface area contributed by atoms with Crippen molar-refractivity contribution in [3.05, 3.63) is 53.1 Å². The molecule has 0 unspecified atom stereocenters. The summed E-state index contributed by atoms with van der Waals surface area (Å²) in [6.07, 6.45) is 1.48. The average Bonchev–Trinajstić information content (AvgIpc) is 2.99. The number of methoxy groups -OCH3 is 2. The number of nitrogen functional groups attached to an aromatic ring is 2. The van der Waals surface area contributed by atoms with Crippen LogP contribution in [0.3, 0.4) is 0 Å². The fourth-order valence-corrected chi connectivity index (χ4v) is 2.88. The van der Waals surface area contributed by atoms with Crippen LogP contribution in [0.15, 0.2) is 47.4 Å². The number of anilines is 2. The van der Waals surface area contributed by atoms with Crippen LogP contribution in [0.25, 0.3) is 16.9 Å². The van der Waals surface area contributed by atoms with Crippen molar-refractivity contribution in [2.45, 2.75) is 6.92 Å². The van der Waals surface area contributed by atoms with Crippen LogP contribution in [0.1, 0.15) is 11.7 Å². The number of rotatable bonds is 4. The fraction of sp³-hybridized carbons (Fsp3) is 0.158. The van der Waals surface area contributed by atoms with Gasteiger partial charge in [-0.25, -0.2) is 9.36 Å². The first-order valence-electron chi connectivity index (χ1n) is 8.10. The molecule has 140 valence electrons. The quantitative estimate of drug-likeness (QED) is 0.682. The normalized spacial score (nSPS) is 10.6. The molecule has 0 aliphatic rings. The van der Waals surface area contributed by atoms with Gasteiger partial charge in [0.05, 0.1) is 37.0 Å². The van der Waals surface area contributed by atoms with Gasteiger partial charge in [0.15, 0.2) is 0 Å². The number of hydrogen-bond acceptors (Lipinski definition) is 6. The van der Waals surface area contributed by atoms with E-state index in [1.54, 1.807) is 36.4 Å². The van der Waals surface area contributed by atoms with E-state index in [0.29, 0.717) is 39.8 Å². The van der Waals surface area contributed by atoms with E-state index >= 15 is 0 Å². The summed E-state index contributed by atoms with van der Waals surface area (Å²) in [4.78, 5) is 24.7. The lowest BCUT2D eigenvalue weighted by molar-refractivity contribution is 0.0932. The molecule has 0 aliphatic heterocycles. The van der Waals surface area contributed by atoms with Crippen molar-refractivity contribution >= 4 is 17.3 Å². The van der Waals surface area contributed by atoms with Gasteiger partial charge in [0.2, 0.25) is 5.91 Å². The highest BCUT2D eigenvalue weighted by molar-refractivity contribution is 5.79. The monoisotopic (exact) mass is 368 g/mol. The van der Waals surface area contributed by atoms with Gasteiger partial charge in [-0.1, -0.05) is 0 Å². The van der Waals surface area contributed by atoms with E-state index in [9.17, 15) is 9.59 Å². The molecule has 8 heteroatoms. The largest absolute Gasteiger partial charge is 0.495 e. The summed E-state index contributed by atoms with van der Waals surface area (Å²) < 4.78 is 12.8. The topological polar surface area (TPSA) is 114 Å². The Balaban J connectivity index is 2.27. The fourth-order valence-electron chi connectivity index (χ4n) is 2.88. The third kappa shape index (κ3) is 3.12. The zero-order valence-electron chi connectivity index (χ0n) is 15.2. The SMILES string of the molecule is COc1ccc(-c2cn(C(C)=O)c(=O)n2-c2ccc(OC)c(N)c2)cc1N. The Labute approximate surface area is 155 Å². The second-order valence-corrected chi connectivity index (χ2v) is 5.90. The van der Waals surface area contributed by atoms with Crippen LogP contribution in [0.5, 0.6) is 11.5 Å². The predicted octanol–water partition coefficient (Wildman–Crippen LogP) is 2.15. The first kappa shape index (κ1) is 18.1. The van der Waals surface area contributed by atoms with Crippen LogP contribution in [-0.2, 0) is 0 Å². The van der Waals surface area contributed by atoms with E-state index < -0.39 is 11.6 Å². The molecule has 27 heavy (non-hydrogen) atoms. The van der Waals surface area contributed by atoms with Gasteiger partial charge < -0.3 is 20.9 Å². The Bertz CT molecular complexity index is 1080. The highest BCUT2D eigenvalue weighted by Crippen LogP contribution is 2.30. The van der Waals surface area contributed by atoms with Crippen molar-refractivity contribution in [2.24, 2.45) is 0 Å². The molecule has 0 amide bonds. The molecule has 0 radical (unpaired) electrons. The van der Waals surface area contributed by atoms with Gasteiger partial charge in [-0.05, 0) is 36.4 Å². The summed E-state index contributed by atoms with van der Waals surface area (Å²) in [5.74, 6) is 0.614. The first-order valence-corrected chi connectivity index (χ1v) is 8.10. The average molecular weight is 368 g/mol. The number of carbonyl (C=O) groups is 1. The van der Waals surface area contributed by atoms with E-state index in [1.165, 1.54) is 31.9 Å². The second kappa shape index (κ2) is 6.91. The predicted molar refractivity (Wildman–Crippen MR) is 104 cm³/mol. The summed E-state index contributed by atoms with van der Waals surface area (Å²) in [5.41, 5.74) is 13.9. The van der Waals surface area contributed by atoms with Crippen LogP contribution in [0.2, 0.25) is 0 Å². The van der Waals surface area contributed by atoms with Crippen LogP contribution in [-0.4, -0.2) is 29.3 Å². The van der Waals surface area contributed by atoms with Crippen molar-refractivity contribution in [1.82, 2.24) is 9.13 Å². The Morgan fingerprint density at radius 2 is 1.56 bits per heavy atom. The number of imidazole rings is 1. The summed E-state index contributed by atoms with van der Waals surface area (Å²) in [6, 6.07) is 10.1. The standard InChI is InChI=1S/C19H20N4O4/c1-11(24)22-10-16(12-4-6-17(26-2)14(20)8-12)23(19(22)25)13-5-7-18(27-3)15(21)9-13/h4-10H,20-21H2,1-3H3. The second-order valence-electron chi connectivity index (χ2n) is 5.90. The van der Waals surface area contributed by atoms with Crippen molar-refractivity contribution in [2.75, 3.05) is 25.7 Å². The zero-order chi connectivity index (χ0) is 19.7. The number of hydrogen-bond donors (Lipinski definition) is 2. The third-order valence-corrected chi connectivity index (χ3v) is 4.23. The molecule has 0 spiro atoms. The van der Waals surface area contributed by atoms with Crippen LogP contribution >= 0.6 is 0 Å². The van der Waals surface area contributed by atoms with E-state index in [0.717, 1.165) is 4.57 Å². The zero-order valence-corrected chi connectivity index (χ0v) is 15.2. The van der Waals surface area contributed by atoms with Gasteiger partial charge in [0.1, 0.15) is 11.5 Å². The van der Waals surface area contributed by atoms with Gasteiger partial charge in [-0.2, -0.15) is 0 Å². The maximum absolute atomic E-state index is 12.9. The van der Waals surface area contributed by atoms with E-state index in [-0.39, 0.29) is 0 Å². The number of nitrogens with two attached hydrogens (primary N) is 2. The lowest BCUT2D eigenvalue weighted by Crippen LogP contribution is -2.26. The highest BCUT2D eigenvalue weighted by Gasteiger charge is 2.18. The van der Waals surface area contributed by atoms with Gasteiger partial charge in [0, 0.05) is 18.7 Å². The van der Waals surface area contributed by atoms with E-state index in [4.69, 9.17) is 20.9 Å². The summed E-state index contributed by atoms with van der Waals surface area (Å²) >= 11 is 0. The van der Waals surface area contributed by atoms with Gasteiger partial charge in [-0.15, -0.1) is 0 Å². The summed E-state index contributed by atoms with van der Waals surface area (Å²) in [5, 5.41) is 0. The van der Waals surface area contributed by atoms with Gasteiger partial charge >= 0.3 is 5.69 Å². The molecule has 0 aliphatic carbocycles. The minimum atomic E-state index is -0.503. The Hall–Kier alpha value is -3.68. The van der Waals surface area contributed by atoms with Crippen molar-refractivity contribution < 1.29 is 14.3 Å². The number of ether oxygens (including phenoxy) is 2. The number of nitrogens with zero attached hydrogens (tertiary/aromatic N) is 2. The van der Waals surface area contributed by atoms with E-state index in [2.05, 4.69) is 0 Å². The van der Waals surface area contributed by atoms with Crippen molar-refractivity contribution in [3.8, 4) is 28.4 Å². The molecule has 0 atom stereocenters. The molecular formula is C19H20N4O4. The molecule has 0 fully saturated rings. The van der Waals surface area contributed by atoms with Crippen LogP contribution in [0.4, 0.5) is 11.4 Å². The minimum Gasteiger partial charge on any atom is -0.495 e. The highest BCUT2D eigenvalue weighted by atomic mass is 16.5. The smallest absolute Gasteiger partial charge is 0.340 e. The molecule has 0 saturated carbocycles. The maximum atomic E-state index is 12.9. The molecule has 2 aromatic carbocycles. The molecule has 1 heterocycles. The molecule has 0 saturated heterocycles. The van der Waals surface area contributed by atoms with E-state index in [1.807, 2.05) is 0 Å². The number of carbonyl (C=O) groups excluding carboxylic acids is 1. The summed E-state index contributed by atoms with van der Waals surface area (Å²) in [6.45, 7) is 1.32. The maximum Gasteiger partial charge on any atom is 0.340 e. The lowest BCUT2D eigenvalue weighted by atomic mass is 10.1. The molecule has 8 nitrogen and oxygen atoms in total. The van der Waals surface area contributed by atoms with Gasteiger partial charge in [0.25, 0.3) is 0 Å². The molecule has 0 bridgehead atoms. The molecule has 1 aromatic heterocycles. The van der Waals surface area contributed by atoms with Crippen LogP contribution < -0.4 is 26.6 Å². The molecule has 3 aromatic rings. The lowest BCUT2D eigenvalue weighted by Gasteiger charge is -2.11. The van der Waals surface area contributed by atoms with Crippen molar-refractivity contribution in [3.63, 3.8) is 0 Å². The van der Waals surface area contributed by atoms with Crippen LogP contribution in [0, 0.1) is 0 Å². The van der Waals surface area contributed by atoms with Gasteiger partial charge in [-0.3, -0.25) is 9.36 Å². The Morgan fingerprint density at radius 1 is 0.963 bits per heavy atom. The Kier molecular flexibility index (Phi) is 4.64. The number of aromatic nitrogens is 2. The van der Waals surface area contributed by atoms with Crippen molar-refractivity contribution in [1.29, 1.82) is 0 Å². The molecule has 3 rings (SSSR count). The minimum absolute atomic E-state index is 0.373. The molecular weight excluding hydrogens is 348 g/mol.